The first-order chi connectivity index (χ1) is 15.1. The first-order valence-corrected chi connectivity index (χ1v) is 11.8. The van der Waals surface area contributed by atoms with Gasteiger partial charge < -0.3 is 19.4 Å². The Bertz CT molecular complexity index is 882. The summed E-state index contributed by atoms with van der Waals surface area (Å²) in [5, 5.41) is 0.643. The summed E-state index contributed by atoms with van der Waals surface area (Å²) in [4.78, 5) is 44.3. The average Bonchev–Trinajstić information content (AvgIpc) is 2.90. The van der Waals surface area contributed by atoms with Gasteiger partial charge in [0.25, 0.3) is 0 Å². The van der Waals surface area contributed by atoms with Crippen LogP contribution in [0.5, 0.6) is 0 Å². The SMILES string of the molecule is CC(C)(C)OC(=O)N1CC2CCC(C1)N(C(=O)[C@@H]1CCC(=O)N1Cc1ccc(Cl)cc1)C2. The summed E-state index contributed by atoms with van der Waals surface area (Å²) >= 11 is 5.98. The molecular weight excluding hydrogens is 430 g/mol. The Labute approximate surface area is 194 Å². The molecule has 7 nitrogen and oxygen atoms in total. The van der Waals surface area contributed by atoms with Crippen molar-refractivity contribution in [3.63, 3.8) is 0 Å². The summed E-state index contributed by atoms with van der Waals surface area (Å²) in [7, 11) is 0. The molecule has 4 aliphatic rings. The zero-order valence-corrected chi connectivity index (χ0v) is 19.8. The molecule has 1 aromatic carbocycles. The van der Waals surface area contributed by atoms with Crippen LogP contribution in [0.3, 0.4) is 0 Å². The molecule has 2 bridgehead atoms. The lowest BCUT2D eigenvalue weighted by molar-refractivity contribution is -0.144. The van der Waals surface area contributed by atoms with Crippen molar-refractivity contribution in [3.8, 4) is 0 Å². The van der Waals surface area contributed by atoms with Gasteiger partial charge in [0, 0.05) is 43.7 Å². The van der Waals surface area contributed by atoms with E-state index in [0.29, 0.717) is 44.0 Å². The fourth-order valence-corrected chi connectivity index (χ4v) is 5.12. The van der Waals surface area contributed by atoms with E-state index in [4.69, 9.17) is 16.3 Å². The van der Waals surface area contributed by atoms with Crippen LogP contribution in [0, 0.1) is 5.92 Å². The predicted molar refractivity (Wildman–Crippen MR) is 121 cm³/mol. The van der Waals surface area contributed by atoms with E-state index in [1.165, 1.54) is 0 Å². The van der Waals surface area contributed by atoms with E-state index >= 15 is 0 Å². The van der Waals surface area contributed by atoms with Crippen molar-refractivity contribution in [1.29, 1.82) is 0 Å². The quantitative estimate of drug-likeness (QED) is 0.688. The Morgan fingerprint density at radius 1 is 1.06 bits per heavy atom. The summed E-state index contributed by atoms with van der Waals surface area (Å²) in [5.41, 5.74) is 0.403. The molecule has 1 aromatic rings. The lowest BCUT2D eigenvalue weighted by Gasteiger charge is -2.39. The molecule has 32 heavy (non-hydrogen) atoms. The fraction of sp³-hybridized carbons (Fsp3) is 0.625. The largest absolute Gasteiger partial charge is 0.444 e. The number of halogens is 1. The number of carbonyl (C=O) groups excluding carboxylic acids is 3. The second-order valence-electron chi connectivity index (χ2n) is 10.2. The topological polar surface area (TPSA) is 70.2 Å². The molecule has 0 aliphatic carbocycles. The number of carbonyl (C=O) groups is 3. The molecule has 0 N–H and O–H groups in total. The van der Waals surface area contributed by atoms with Crippen molar-refractivity contribution in [2.45, 2.75) is 70.7 Å². The highest BCUT2D eigenvalue weighted by molar-refractivity contribution is 6.30. The highest BCUT2D eigenvalue weighted by Crippen LogP contribution is 2.32. The number of amides is 3. The van der Waals surface area contributed by atoms with Gasteiger partial charge in [-0.05, 0) is 63.6 Å². The normalized spacial score (nSPS) is 25.8. The van der Waals surface area contributed by atoms with Gasteiger partial charge in [-0.3, -0.25) is 9.59 Å². The number of piperidine rings is 1. The van der Waals surface area contributed by atoms with Crippen molar-refractivity contribution in [2.24, 2.45) is 5.92 Å². The maximum absolute atomic E-state index is 13.6. The third kappa shape index (κ3) is 5.03. The first-order valence-electron chi connectivity index (χ1n) is 11.4. The minimum Gasteiger partial charge on any atom is -0.444 e. The number of nitrogens with zero attached hydrogens (tertiary/aromatic N) is 3. The zero-order chi connectivity index (χ0) is 23.0. The number of fused-ring (bicyclic) bond motifs is 4. The molecule has 0 saturated carbocycles. The molecular formula is C24H32ClN3O4. The summed E-state index contributed by atoms with van der Waals surface area (Å²) in [6.07, 6.45) is 2.47. The molecule has 0 spiro atoms. The van der Waals surface area contributed by atoms with Crippen LogP contribution in [0.1, 0.15) is 52.0 Å². The Morgan fingerprint density at radius 2 is 1.78 bits per heavy atom. The van der Waals surface area contributed by atoms with E-state index in [1.54, 1.807) is 21.9 Å². The smallest absolute Gasteiger partial charge is 0.410 e. The van der Waals surface area contributed by atoms with Crippen LogP contribution in [-0.4, -0.2) is 69.9 Å². The second kappa shape index (κ2) is 8.93. The molecule has 0 aromatic heterocycles. The first kappa shape index (κ1) is 22.9. The molecule has 5 rings (SSSR count). The molecule has 3 amide bonds. The molecule has 4 aliphatic heterocycles. The molecule has 4 fully saturated rings. The summed E-state index contributed by atoms with van der Waals surface area (Å²) in [6.45, 7) is 7.70. The maximum atomic E-state index is 13.6. The van der Waals surface area contributed by atoms with E-state index in [2.05, 4.69) is 0 Å². The number of likely N-dealkylation sites (tertiary alicyclic amines) is 1. The lowest BCUT2D eigenvalue weighted by atomic mass is 9.94. The van der Waals surface area contributed by atoms with Gasteiger partial charge in [-0.15, -0.1) is 0 Å². The molecule has 4 heterocycles. The second-order valence-corrected chi connectivity index (χ2v) is 10.6. The average molecular weight is 462 g/mol. The van der Waals surface area contributed by atoms with Crippen molar-refractivity contribution < 1.29 is 19.1 Å². The number of hydrogen-bond donors (Lipinski definition) is 0. The third-order valence-electron chi connectivity index (χ3n) is 6.53. The third-order valence-corrected chi connectivity index (χ3v) is 6.78. The molecule has 8 heteroatoms. The van der Waals surface area contributed by atoms with Crippen LogP contribution in [-0.2, 0) is 20.9 Å². The van der Waals surface area contributed by atoms with Gasteiger partial charge in [0.15, 0.2) is 0 Å². The van der Waals surface area contributed by atoms with Crippen molar-refractivity contribution in [2.75, 3.05) is 19.6 Å². The Hall–Kier alpha value is -2.28. The minimum absolute atomic E-state index is 0.00514. The molecule has 3 atom stereocenters. The maximum Gasteiger partial charge on any atom is 0.410 e. The van der Waals surface area contributed by atoms with E-state index in [0.717, 1.165) is 18.4 Å². The van der Waals surface area contributed by atoms with Crippen molar-refractivity contribution in [3.05, 3.63) is 34.9 Å². The van der Waals surface area contributed by atoms with Gasteiger partial charge in [0.1, 0.15) is 11.6 Å². The summed E-state index contributed by atoms with van der Waals surface area (Å²) < 4.78 is 5.58. The Balaban J connectivity index is 1.47. The van der Waals surface area contributed by atoms with Gasteiger partial charge in [-0.25, -0.2) is 4.79 Å². The van der Waals surface area contributed by atoms with Gasteiger partial charge >= 0.3 is 6.09 Å². The predicted octanol–water partition coefficient (Wildman–Crippen LogP) is 3.69. The van der Waals surface area contributed by atoms with Gasteiger partial charge in [-0.2, -0.15) is 0 Å². The minimum atomic E-state index is -0.551. The van der Waals surface area contributed by atoms with Gasteiger partial charge in [0.2, 0.25) is 11.8 Å². The fourth-order valence-electron chi connectivity index (χ4n) is 4.99. The monoisotopic (exact) mass is 461 g/mol. The van der Waals surface area contributed by atoms with Crippen LogP contribution in [0.15, 0.2) is 24.3 Å². The van der Waals surface area contributed by atoms with Gasteiger partial charge in [0.05, 0.1) is 0 Å². The van der Waals surface area contributed by atoms with Crippen LogP contribution >= 0.6 is 11.6 Å². The van der Waals surface area contributed by atoms with E-state index in [1.807, 2.05) is 37.8 Å². The molecule has 2 unspecified atom stereocenters. The number of hydrogen-bond acceptors (Lipinski definition) is 4. The van der Waals surface area contributed by atoms with E-state index < -0.39 is 11.6 Å². The standard InChI is InChI=1S/C24H32ClN3O4/c1-24(2,3)32-23(31)26-12-17-6-9-19(15-26)27(14-17)22(30)20-10-11-21(29)28(20)13-16-4-7-18(25)8-5-16/h4-5,7-8,17,19-20H,6,9-15H2,1-3H3/t17?,19?,20-/m0/s1. The number of rotatable bonds is 3. The Morgan fingerprint density at radius 3 is 2.47 bits per heavy atom. The molecule has 4 saturated heterocycles. The highest BCUT2D eigenvalue weighted by Gasteiger charge is 2.44. The summed E-state index contributed by atoms with van der Waals surface area (Å²) in [6, 6.07) is 6.89. The Kier molecular flexibility index (Phi) is 6.39. The van der Waals surface area contributed by atoms with Gasteiger partial charge in [-0.1, -0.05) is 23.7 Å². The highest BCUT2D eigenvalue weighted by atomic mass is 35.5. The lowest BCUT2D eigenvalue weighted by Crippen LogP contribution is -2.54. The molecule has 0 radical (unpaired) electrons. The van der Waals surface area contributed by atoms with Crippen LogP contribution < -0.4 is 0 Å². The zero-order valence-electron chi connectivity index (χ0n) is 19.1. The van der Waals surface area contributed by atoms with E-state index in [9.17, 15) is 14.4 Å². The van der Waals surface area contributed by atoms with Crippen molar-refractivity contribution >= 4 is 29.5 Å². The van der Waals surface area contributed by atoms with Crippen LogP contribution in [0.4, 0.5) is 4.79 Å². The van der Waals surface area contributed by atoms with Crippen molar-refractivity contribution in [1.82, 2.24) is 14.7 Å². The summed E-state index contributed by atoms with van der Waals surface area (Å²) in [5.74, 6) is 0.242. The molecule has 174 valence electrons. The van der Waals surface area contributed by atoms with Crippen LogP contribution in [0.25, 0.3) is 0 Å². The number of benzene rings is 1. The van der Waals surface area contributed by atoms with Crippen LogP contribution in [0.2, 0.25) is 5.02 Å². The van der Waals surface area contributed by atoms with E-state index in [-0.39, 0.29) is 29.9 Å². The number of ether oxygens (including phenoxy) is 1.